The zero-order valence-corrected chi connectivity index (χ0v) is 58.9. The van der Waals surface area contributed by atoms with Crippen molar-refractivity contribution in [1.29, 1.82) is 0 Å². The minimum Gasteiger partial charge on any atom is -0.478 e. The van der Waals surface area contributed by atoms with E-state index in [2.05, 4.69) is 30.4 Å². The summed E-state index contributed by atoms with van der Waals surface area (Å²) < 4.78 is 91.0. The lowest BCUT2D eigenvalue weighted by molar-refractivity contribution is -0.309. The fraction of sp³-hybridized carbons (Fsp3) is 0.734. The molecule has 0 aromatic rings. The fourth-order valence-electron chi connectivity index (χ4n) is 8.87. The average Bonchev–Trinajstić information content (AvgIpc) is 0.860. The van der Waals surface area contributed by atoms with Crippen molar-refractivity contribution in [2.75, 3.05) is 98.9 Å². The molecule has 0 aromatic heterocycles. The Bertz CT molecular complexity index is 2550. The lowest BCUT2D eigenvalue weighted by Crippen LogP contribution is -2.63. The van der Waals surface area contributed by atoms with Crippen LogP contribution >= 0.6 is 0 Å². The van der Waals surface area contributed by atoms with Gasteiger partial charge in [-0.05, 0) is 19.3 Å². The molecule has 100 heavy (non-hydrogen) atoms. The number of carboxylic acid groups (broad SMARTS) is 1. The van der Waals surface area contributed by atoms with Gasteiger partial charge >= 0.3 is 53.7 Å². The summed E-state index contributed by atoms with van der Waals surface area (Å²) in [7, 11) is 0. The van der Waals surface area contributed by atoms with Crippen LogP contribution < -0.4 is 16.4 Å². The molecule has 0 aromatic carbocycles. The molecule has 574 valence electrons. The molecule has 0 bridgehead atoms. The molecule has 3 fully saturated rings. The minimum absolute atomic E-state index is 0.0355. The highest BCUT2D eigenvalue weighted by Gasteiger charge is 2.54. The third-order valence-electron chi connectivity index (χ3n) is 13.2. The van der Waals surface area contributed by atoms with Gasteiger partial charge in [-0.15, -0.1) is 0 Å². The smallest absolute Gasteiger partial charge is 0.330 e. The van der Waals surface area contributed by atoms with Gasteiger partial charge in [0.2, 0.25) is 11.8 Å². The van der Waals surface area contributed by atoms with E-state index in [4.69, 9.17) is 96.5 Å². The molecule has 2 amide bonds. The number of esters is 8. The number of amides is 2. The molecule has 3 rings (SSSR count). The van der Waals surface area contributed by atoms with E-state index in [1.807, 2.05) is 20.8 Å². The predicted molar refractivity (Wildman–Crippen MR) is 343 cm³/mol. The topological polar surface area (TPSA) is 496 Å². The quantitative estimate of drug-likeness (QED) is 0.0164. The monoisotopic (exact) mass is 1440 g/mol. The van der Waals surface area contributed by atoms with Gasteiger partial charge in [-0.25, -0.2) is 4.79 Å². The first-order valence-corrected chi connectivity index (χ1v) is 32.2. The first-order valence-electron chi connectivity index (χ1n) is 32.2. The summed E-state index contributed by atoms with van der Waals surface area (Å²) in [5.41, 5.74) is 6.68. The Morgan fingerprint density at radius 3 is 1.03 bits per heavy atom. The highest BCUT2D eigenvalue weighted by Crippen LogP contribution is 2.32. The van der Waals surface area contributed by atoms with Crippen LogP contribution in [-0.2, 0) is 133 Å². The van der Waals surface area contributed by atoms with Gasteiger partial charge in [0.25, 0.3) is 0 Å². The molecule has 0 aliphatic carbocycles. The second-order valence-corrected chi connectivity index (χ2v) is 21.9. The lowest BCUT2D eigenvalue weighted by atomic mass is 9.98. The molecule has 15 atom stereocenters. The summed E-state index contributed by atoms with van der Waals surface area (Å²) in [5.74, 6) is -6.83. The molecule has 0 radical (unpaired) electrons. The molecule has 36 nitrogen and oxygen atoms in total. The third kappa shape index (κ3) is 39.1. The van der Waals surface area contributed by atoms with Crippen molar-refractivity contribution in [3.63, 3.8) is 0 Å². The van der Waals surface area contributed by atoms with Crippen LogP contribution in [0.5, 0.6) is 0 Å². The molecule has 36 heteroatoms. The van der Waals surface area contributed by atoms with E-state index in [0.717, 1.165) is 60.8 Å². The number of aliphatic carboxylic acids is 1. The van der Waals surface area contributed by atoms with E-state index in [1.165, 1.54) is 13.8 Å². The summed E-state index contributed by atoms with van der Waals surface area (Å²) in [6.07, 6.45) is -14.3. The molecule has 3 aliphatic heterocycles. The summed E-state index contributed by atoms with van der Waals surface area (Å²) in [6, 6.07) is 0. The Morgan fingerprint density at radius 2 is 0.720 bits per heavy atom. The zero-order chi connectivity index (χ0) is 76.0. The van der Waals surface area contributed by atoms with Crippen molar-refractivity contribution >= 4 is 65.5 Å². The van der Waals surface area contributed by atoms with Crippen LogP contribution in [0, 0.1) is 0 Å². The number of nitrogens with two attached hydrogens (primary N) is 1. The maximum absolute atomic E-state index is 11.8. The van der Waals surface area contributed by atoms with Crippen molar-refractivity contribution in [3.8, 4) is 0 Å². The third-order valence-corrected chi connectivity index (χ3v) is 13.2. The lowest BCUT2D eigenvalue weighted by Gasteiger charge is -2.44. The molecule has 3 heterocycles. The average molecular weight is 1440 g/mol. The molecule has 0 unspecified atom stereocenters. The Balaban J connectivity index is 0.00000141. The Kier molecular flexibility index (Phi) is 49.0. The first kappa shape index (κ1) is 92.8. The number of ether oxygens (including phenoxy) is 17. The zero-order valence-electron chi connectivity index (χ0n) is 58.9. The van der Waals surface area contributed by atoms with Crippen LogP contribution in [0.4, 0.5) is 0 Å². The van der Waals surface area contributed by atoms with Gasteiger partial charge in [-0.3, -0.25) is 47.9 Å². The standard InChI is InChI=1S/C24H37NO12.C18H29NO11.C16H29NO8.C6H10O2/c1-7-8-14(2)23(30)25-9-10-31-11-12-32-24-22(36-18(6)29)21(35-17(5)28)20(34-16(4)27)19(37-24)13-33-15(3)26;1-10(20)26-9-14-15(27-11(2)21)16(28-12(3)22)17(29-13(4)23)18(30-14)25-8-7-24-6-5-19;1-3-4-10(2)15(22)17-5-6-23-7-8-24-16-14(21)13(20)12(19)11(9-18)25-16;1-3-4-5(2)6(7)8/h19-22,24H,2,7-13H2,1,3-6H3,(H,25,30);14-18H,5-9,19H2,1-4H3;11-14,16,18-21H,2-9H2,1H3,(H,17,22);2-4H2,1H3,(H,7,8)/t19-,20-,21+,22+,24+;14-,15-,16+,17+,18+;11-,12-,13+,14+,16+;/m111./s1. The summed E-state index contributed by atoms with van der Waals surface area (Å²) in [6.45, 7) is 26.9. The molecule has 9 N–H and O–H groups in total. The van der Waals surface area contributed by atoms with Crippen molar-refractivity contribution in [2.24, 2.45) is 5.73 Å². The summed E-state index contributed by atoms with van der Waals surface area (Å²) >= 11 is 0. The molecule has 3 aliphatic rings. The molecule has 0 saturated carbocycles. The van der Waals surface area contributed by atoms with Crippen LogP contribution in [0.25, 0.3) is 0 Å². The molecular weight excluding hydrogens is 1340 g/mol. The van der Waals surface area contributed by atoms with Gasteiger partial charge in [0.05, 0.1) is 66.1 Å². The Morgan fingerprint density at radius 1 is 0.400 bits per heavy atom. The number of carbonyl (C=O) groups is 11. The summed E-state index contributed by atoms with van der Waals surface area (Å²) in [5, 5.41) is 51.7. The van der Waals surface area contributed by atoms with Crippen molar-refractivity contribution in [1.82, 2.24) is 10.6 Å². The van der Waals surface area contributed by atoms with E-state index in [-0.39, 0.29) is 84.4 Å². The molecular formula is C64H105N3O33. The van der Waals surface area contributed by atoms with E-state index >= 15 is 0 Å². The Labute approximate surface area is 581 Å². The summed E-state index contributed by atoms with van der Waals surface area (Å²) in [4.78, 5) is 126. The normalized spacial score (nSPS) is 24.3. The highest BCUT2D eigenvalue weighted by atomic mass is 16.8. The number of nitrogens with one attached hydrogen (secondary N) is 2. The molecule has 3 saturated heterocycles. The number of carbonyl (C=O) groups excluding carboxylic acids is 10. The van der Waals surface area contributed by atoms with Crippen LogP contribution in [0.15, 0.2) is 36.5 Å². The number of aliphatic hydroxyl groups excluding tert-OH is 4. The predicted octanol–water partition coefficient (Wildman–Crippen LogP) is -0.644. The SMILES string of the molecule is C=C(CCC)C(=O)NCCOCCO[C@H]1O[C@H](CO)[C@@H](O)[C@H](O)[C@@H]1O.C=C(CCC)C(=O)NCCOCCO[C@H]1O[C@H](COC(C)=O)[C@@H](OC(C)=O)[C@H](OC(C)=O)[C@@H]1OC(C)=O.C=C(CCC)C(=O)O.CC(=O)OC[C@H]1O[C@H](OCCOCCN)[C@@H](OC(C)=O)[C@@H](OC(C)=O)[C@@H]1OC(C)=O. The maximum Gasteiger partial charge on any atom is 0.330 e. The molecule has 0 spiro atoms. The van der Waals surface area contributed by atoms with Gasteiger partial charge in [-0.1, -0.05) is 59.8 Å². The fourth-order valence-corrected chi connectivity index (χ4v) is 8.87. The Hall–Kier alpha value is -7.17. The number of carboxylic acids is 1. The minimum atomic E-state index is -1.47. The number of rotatable bonds is 40. The van der Waals surface area contributed by atoms with Crippen LogP contribution in [0.2, 0.25) is 0 Å². The number of hydrogen-bond acceptors (Lipinski definition) is 33. The maximum atomic E-state index is 11.8. The van der Waals surface area contributed by atoms with Crippen LogP contribution in [-0.4, -0.2) is 282 Å². The van der Waals surface area contributed by atoms with Crippen LogP contribution in [0.1, 0.15) is 115 Å². The van der Waals surface area contributed by atoms with E-state index in [0.29, 0.717) is 55.7 Å². The van der Waals surface area contributed by atoms with Crippen molar-refractivity contribution in [3.05, 3.63) is 36.5 Å². The van der Waals surface area contributed by atoms with E-state index in [9.17, 15) is 68.1 Å². The van der Waals surface area contributed by atoms with Gasteiger partial charge in [-0.2, -0.15) is 0 Å². The highest BCUT2D eigenvalue weighted by molar-refractivity contribution is 5.93. The second-order valence-electron chi connectivity index (χ2n) is 21.9. The van der Waals surface area contributed by atoms with Gasteiger partial charge in [0.1, 0.15) is 49.8 Å². The van der Waals surface area contributed by atoms with E-state index in [1.54, 1.807) is 0 Å². The van der Waals surface area contributed by atoms with Gasteiger partial charge in [0, 0.05) is 91.7 Å². The first-order chi connectivity index (χ1) is 47.2. The van der Waals surface area contributed by atoms with E-state index < -0.39 is 152 Å². The number of aliphatic hydroxyl groups is 4. The van der Waals surface area contributed by atoms with Crippen LogP contribution in [0.3, 0.4) is 0 Å². The van der Waals surface area contributed by atoms with Crippen molar-refractivity contribution < 1.29 is 159 Å². The largest absolute Gasteiger partial charge is 0.478 e. The van der Waals surface area contributed by atoms with Gasteiger partial charge < -0.3 is 122 Å². The van der Waals surface area contributed by atoms with Gasteiger partial charge in [0.15, 0.2) is 55.5 Å². The van der Waals surface area contributed by atoms with Crippen molar-refractivity contribution in [2.45, 2.75) is 207 Å². The second kappa shape index (κ2) is 52.8. The number of hydrogen-bond donors (Lipinski definition) is 8.